The van der Waals surface area contributed by atoms with E-state index in [4.69, 9.17) is 20.9 Å². The number of nitrogens with two attached hydrogens (primary N) is 2. The van der Waals surface area contributed by atoms with Gasteiger partial charge in [0.1, 0.15) is 25.0 Å². The Hall–Kier alpha value is -5.06. The highest BCUT2D eigenvalue weighted by atomic mass is 16.6. The van der Waals surface area contributed by atoms with Crippen molar-refractivity contribution in [2.45, 2.75) is 45.1 Å². The number of rotatable bonds is 12. The van der Waals surface area contributed by atoms with Gasteiger partial charge in [-0.1, -0.05) is 72.8 Å². The number of benzene rings is 3. The topological polar surface area (TPSA) is 170 Å². The SMILES string of the molecule is C[C@H](c1ccc(O)cc1)N(C(=O)OCc1ccccc1)[C@H](CCCN=C(N)N)C(=O)NC(=O)OCc1ccccc1. The van der Waals surface area contributed by atoms with Crippen molar-refractivity contribution in [3.63, 3.8) is 0 Å². The van der Waals surface area contributed by atoms with E-state index in [0.717, 1.165) is 11.1 Å². The number of aromatic hydroxyl groups is 1. The minimum atomic E-state index is -1.15. The van der Waals surface area contributed by atoms with Crippen LogP contribution >= 0.6 is 0 Å². The first kappa shape index (κ1) is 30.5. The van der Waals surface area contributed by atoms with E-state index in [1.54, 1.807) is 43.3 Å². The summed E-state index contributed by atoms with van der Waals surface area (Å²) in [4.78, 5) is 44.9. The number of phenolic OH excluding ortho intramolecular Hbond substituents is 1. The van der Waals surface area contributed by atoms with Crippen LogP contribution in [-0.4, -0.2) is 46.6 Å². The number of carbonyl (C=O) groups is 3. The summed E-state index contributed by atoms with van der Waals surface area (Å²) in [7, 11) is 0. The van der Waals surface area contributed by atoms with E-state index in [1.165, 1.54) is 17.0 Å². The summed E-state index contributed by atoms with van der Waals surface area (Å²) in [6.45, 7) is 1.85. The molecule has 0 saturated heterocycles. The number of carbonyl (C=O) groups excluding carboxylic acids is 3. The van der Waals surface area contributed by atoms with E-state index in [-0.39, 0.29) is 37.9 Å². The van der Waals surface area contributed by atoms with Crippen LogP contribution in [0.15, 0.2) is 89.9 Å². The van der Waals surface area contributed by atoms with Gasteiger partial charge in [-0.05, 0) is 48.6 Å². The number of imide groups is 1. The Kier molecular flexibility index (Phi) is 11.5. The van der Waals surface area contributed by atoms with Crippen molar-refractivity contribution in [1.29, 1.82) is 0 Å². The van der Waals surface area contributed by atoms with Gasteiger partial charge >= 0.3 is 12.2 Å². The molecule has 0 bridgehead atoms. The number of hydrogen-bond acceptors (Lipinski definition) is 7. The number of alkyl carbamates (subject to hydrolysis) is 1. The molecule has 0 spiro atoms. The van der Waals surface area contributed by atoms with Gasteiger partial charge in [0.2, 0.25) is 0 Å². The number of aliphatic imine (C=N–C) groups is 1. The lowest BCUT2D eigenvalue weighted by molar-refractivity contribution is -0.126. The van der Waals surface area contributed by atoms with Crippen LogP contribution < -0.4 is 16.8 Å². The highest BCUT2D eigenvalue weighted by Gasteiger charge is 2.36. The maximum absolute atomic E-state index is 13.6. The van der Waals surface area contributed by atoms with E-state index < -0.39 is 30.2 Å². The lowest BCUT2D eigenvalue weighted by atomic mass is 10.0. The fourth-order valence-electron chi connectivity index (χ4n) is 4.09. The average Bonchev–Trinajstić information content (AvgIpc) is 2.97. The van der Waals surface area contributed by atoms with Crippen LogP contribution in [0.5, 0.6) is 5.75 Å². The zero-order valence-electron chi connectivity index (χ0n) is 22.8. The largest absolute Gasteiger partial charge is 0.508 e. The van der Waals surface area contributed by atoms with Crippen LogP contribution in [0.1, 0.15) is 42.5 Å². The van der Waals surface area contributed by atoms with Gasteiger partial charge in [0, 0.05) is 6.54 Å². The number of guanidine groups is 1. The summed E-state index contributed by atoms with van der Waals surface area (Å²) in [5, 5.41) is 12.0. The fourth-order valence-corrected chi connectivity index (χ4v) is 4.09. The molecule has 6 N–H and O–H groups in total. The number of phenols is 1. The second kappa shape index (κ2) is 15.5. The first-order valence-electron chi connectivity index (χ1n) is 13.1. The quantitative estimate of drug-likeness (QED) is 0.146. The molecule has 0 aromatic heterocycles. The molecule has 216 valence electrons. The molecule has 3 rings (SSSR count). The summed E-state index contributed by atoms with van der Waals surface area (Å²) in [5.74, 6) is -0.811. The Labute approximate surface area is 238 Å². The van der Waals surface area contributed by atoms with Gasteiger partial charge in [0.25, 0.3) is 5.91 Å². The third-order valence-electron chi connectivity index (χ3n) is 6.22. The number of nitrogens with zero attached hydrogens (tertiary/aromatic N) is 2. The molecular weight excluding hydrogens is 526 g/mol. The number of ether oxygens (including phenoxy) is 2. The summed E-state index contributed by atoms with van der Waals surface area (Å²) < 4.78 is 10.8. The highest BCUT2D eigenvalue weighted by molar-refractivity contribution is 5.96. The van der Waals surface area contributed by atoms with Crippen LogP contribution in [0.3, 0.4) is 0 Å². The molecule has 0 radical (unpaired) electrons. The summed E-state index contributed by atoms with van der Waals surface area (Å²) in [6, 6.07) is 22.5. The van der Waals surface area contributed by atoms with Crippen LogP contribution in [0.2, 0.25) is 0 Å². The lowest BCUT2D eigenvalue weighted by Crippen LogP contribution is -2.52. The van der Waals surface area contributed by atoms with Gasteiger partial charge in [0.15, 0.2) is 5.96 Å². The Morgan fingerprint density at radius 3 is 2.00 bits per heavy atom. The predicted octanol–water partition coefficient (Wildman–Crippen LogP) is 3.97. The van der Waals surface area contributed by atoms with Gasteiger partial charge < -0.3 is 26.0 Å². The summed E-state index contributed by atoms with van der Waals surface area (Å²) in [5.41, 5.74) is 13.0. The van der Waals surface area contributed by atoms with E-state index in [0.29, 0.717) is 12.0 Å². The molecule has 41 heavy (non-hydrogen) atoms. The van der Waals surface area contributed by atoms with E-state index in [9.17, 15) is 19.5 Å². The third kappa shape index (κ3) is 9.88. The highest BCUT2D eigenvalue weighted by Crippen LogP contribution is 2.27. The molecule has 0 aliphatic rings. The fraction of sp³-hybridized carbons (Fsp3) is 0.267. The minimum Gasteiger partial charge on any atom is -0.508 e. The first-order chi connectivity index (χ1) is 19.7. The number of amides is 3. The summed E-state index contributed by atoms with van der Waals surface area (Å²) in [6.07, 6.45) is -1.30. The van der Waals surface area contributed by atoms with Crippen molar-refractivity contribution in [3.8, 4) is 5.75 Å². The standard InChI is InChI=1S/C30H35N5O6/c1-21(24-14-16-25(36)17-15-24)35(30(39)41-20-23-11-6-3-7-12-23)26(13-8-18-33-28(31)32)27(37)34-29(38)40-19-22-9-4-2-5-10-22/h2-7,9-12,14-17,21,26,36H,8,13,18-20H2,1H3,(H4,31,32,33)(H,34,37,38)/t21-,26-/m1/s1. The minimum absolute atomic E-state index is 0.0278. The predicted molar refractivity (Wildman–Crippen MR) is 153 cm³/mol. The van der Waals surface area contributed by atoms with Crippen molar-refractivity contribution in [3.05, 3.63) is 102 Å². The lowest BCUT2D eigenvalue weighted by Gasteiger charge is -2.35. The van der Waals surface area contributed by atoms with Crippen LogP contribution in [0.4, 0.5) is 9.59 Å². The van der Waals surface area contributed by atoms with E-state index in [2.05, 4.69) is 10.3 Å². The van der Waals surface area contributed by atoms with Crippen LogP contribution in [-0.2, 0) is 27.5 Å². The molecule has 3 amide bonds. The van der Waals surface area contributed by atoms with Crippen LogP contribution in [0, 0.1) is 0 Å². The molecule has 2 atom stereocenters. The van der Waals surface area contributed by atoms with Gasteiger partial charge in [-0.15, -0.1) is 0 Å². The second-order valence-corrected chi connectivity index (χ2v) is 9.23. The normalized spacial score (nSPS) is 11.9. The maximum atomic E-state index is 13.6. The van der Waals surface area contributed by atoms with Crippen molar-refractivity contribution in [1.82, 2.24) is 10.2 Å². The maximum Gasteiger partial charge on any atom is 0.414 e. The monoisotopic (exact) mass is 561 g/mol. The molecule has 3 aromatic rings. The Bertz CT molecular complexity index is 1300. The molecule has 0 fully saturated rings. The van der Waals surface area contributed by atoms with Gasteiger partial charge in [-0.2, -0.15) is 0 Å². The van der Waals surface area contributed by atoms with Crippen molar-refractivity contribution in [2.75, 3.05) is 6.54 Å². The number of hydrogen-bond donors (Lipinski definition) is 4. The Balaban J connectivity index is 1.85. The van der Waals surface area contributed by atoms with Crippen molar-refractivity contribution < 1.29 is 29.0 Å². The molecule has 0 aliphatic carbocycles. The Morgan fingerprint density at radius 1 is 0.878 bits per heavy atom. The zero-order valence-corrected chi connectivity index (χ0v) is 22.8. The third-order valence-corrected chi connectivity index (χ3v) is 6.22. The first-order valence-corrected chi connectivity index (χ1v) is 13.1. The second-order valence-electron chi connectivity index (χ2n) is 9.23. The van der Waals surface area contributed by atoms with Gasteiger partial charge in [-0.3, -0.25) is 20.0 Å². The summed E-state index contributed by atoms with van der Waals surface area (Å²) >= 11 is 0. The van der Waals surface area contributed by atoms with Gasteiger partial charge in [0.05, 0.1) is 6.04 Å². The molecule has 0 unspecified atom stereocenters. The zero-order chi connectivity index (χ0) is 29.6. The van der Waals surface area contributed by atoms with E-state index in [1.807, 2.05) is 36.4 Å². The molecule has 11 heteroatoms. The molecule has 0 saturated carbocycles. The van der Waals surface area contributed by atoms with Crippen molar-refractivity contribution >= 4 is 24.1 Å². The molecule has 0 aliphatic heterocycles. The molecule has 0 heterocycles. The van der Waals surface area contributed by atoms with Crippen molar-refractivity contribution in [2.24, 2.45) is 16.5 Å². The number of nitrogens with one attached hydrogen (secondary N) is 1. The molecule has 3 aromatic carbocycles. The molecular formula is C30H35N5O6. The Morgan fingerprint density at radius 2 is 1.44 bits per heavy atom. The smallest absolute Gasteiger partial charge is 0.414 e. The van der Waals surface area contributed by atoms with Gasteiger partial charge in [-0.25, -0.2) is 9.59 Å². The average molecular weight is 562 g/mol. The van der Waals surface area contributed by atoms with Crippen LogP contribution in [0.25, 0.3) is 0 Å². The van der Waals surface area contributed by atoms with E-state index >= 15 is 0 Å². The molecule has 11 nitrogen and oxygen atoms in total.